The van der Waals surface area contributed by atoms with Crippen molar-refractivity contribution in [3.05, 3.63) is 48.7 Å². The first kappa shape index (κ1) is 17.2. The number of anilines is 1. The molecule has 1 aliphatic heterocycles. The van der Waals surface area contributed by atoms with Crippen LogP contribution in [0.1, 0.15) is 0 Å². The topological polar surface area (TPSA) is 81.5 Å². The second-order valence-corrected chi connectivity index (χ2v) is 7.45. The smallest absolute Gasteiger partial charge is 0.208 e. The average Bonchev–Trinajstić information content (AvgIpc) is 2.73. The fourth-order valence-corrected chi connectivity index (χ4v) is 3.59. The summed E-state index contributed by atoms with van der Waals surface area (Å²) in [6.45, 7) is 3.06. The van der Waals surface area contributed by atoms with Gasteiger partial charge < -0.3 is 19.3 Å². The fourth-order valence-electron chi connectivity index (χ4n) is 3.00. The highest BCUT2D eigenvalue weighted by Gasteiger charge is 2.14. The molecule has 2 aromatic carbocycles. The highest BCUT2D eigenvalue weighted by molar-refractivity contribution is 7.91. The van der Waals surface area contributed by atoms with Crippen LogP contribution in [0.2, 0.25) is 0 Å². The molecule has 0 bridgehead atoms. The van der Waals surface area contributed by atoms with E-state index in [2.05, 4.69) is 9.88 Å². The summed E-state index contributed by atoms with van der Waals surface area (Å²) in [5.74, 6) is 0.501. The van der Waals surface area contributed by atoms with Crippen molar-refractivity contribution < 1.29 is 14.4 Å². The van der Waals surface area contributed by atoms with Gasteiger partial charge in [-0.25, -0.2) is 4.98 Å². The van der Waals surface area contributed by atoms with Crippen molar-refractivity contribution in [2.75, 3.05) is 37.1 Å². The molecule has 134 valence electrons. The lowest BCUT2D eigenvalue weighted by Crippen LogP contribution is -2.36. The Hall–Kier alpha value is -2.19. The van der Waals surface area contributed by atoms with Gasteiger partial charge in [0.25, 0.3) is 0 Å². The van der Waals surface area contributed by atoms with Gasteiger partial charge >= 0.3 is 0 Å². The van der Waals surface area contributed by atoms with Gasteiger partial charge in [0, 0.05) is 24.3 Å². The van der Waals surface area contributed by atoms with E-state index in [1.807, 2.05) is 36.5 Å². The van der Waals surface area contributed by atoms with Crippen LogP contribution in [-0.2, 0) is 15.9 Å². The standard InChI is InChI=1S/C19H19N3O3S/c23-13-26(24)16-4-1-14(2-5-16)15-3-6-17-18(11-15)21-19(12-20-17)22-7-9-25-10-8-22/h1-6,11-12,23H,7-10,13H2. The van der Waals surface area contributed by atoms with Gasteiger partial charge in [0.05, 0.1) is 30.4 Å². The summed E-state index contributed by atoms with van der Waals surface area (Å²) in [4.78, 5) is 12.1. The molecule has 1 aromatic heterocycles. The maximum Gasteiger partial charge on any atom is 0.208 e. The van der Waals surface area contributed by atoms with Crippen LogP contribution in [0.25, 0.3) is 22.2 Å². The summed E-state index contributed by atoms with van der Waals surface area (Å²) in [7, 11) is 0. The number of fused-ring (bicyclic) bond motifs is 1. The molecule has 1 atom stereocenters. The molecule has 26 heavy (non-hydrogen) atoms. The first-order valence-corrected chi connectivity index (χ1v) is 9.76. The molecule has 0 aliphatic carbocycles. The average molecular weight is 369 g/mol. The molecule has 1 unspecified atom stereocenters. The van der Waals surface area contributed by atoms with Crippen LogP contribution < -0.4 is 4.90 Å². The molecule has 0 radical (unpaired) electrons. The molecular formula is C19H19N3O3S. The van der Waals surface area contributed by atoms with E-state index in [1.54, 1.807) is 12.1 Å². The number of aliphatic hydroxyl groups excluding tert-OH is 1. The van der Waals surface area contributed by atoms with E-state index < -0.39 is 11.2 Å². The number of morpholine rings is 1. The molecule has 0 amide bonds. The lowest BCUT2D eigenvalue weighted by Gasteiger charge is -2.27. The van der Waals surface area contributed by atoms with E-state index in [0.29, 0.717) is 18.1 Å². The quantitative estimate of drug-likeness (QED) is 0.710. The fraction of sp³-hybridized carbons (Fsp3) is 0.263. The first-order valence-electron chi connectivity index (χ1n) is 8.44. The molecule has 3 aromatic rings. The third-order valence-corrected chi connectivity index (χ3v) is 5.46. The summed E-state index contributed by atoms with van der Waals surface area (Å²) >= 11 is -1.37. The molecular weight excluding hydrogens is 350 g/mol. The van der Waals surface area contributed by atoms with Gasteiger partial charge in [0.1, 0.15) is 5.82 Å². The van der Waals surface area contributed by atoms with Crippen molar-refractivity contribution in [2.24, 2.45) is 0 Å². The second-order valence-electron chi connectivity index (χ2n) is 6.03. The summed E-state index contributed by atoms with van der Waals surface area (Å²) in [6.07, 6.45) is 1.81. The minimum Gasteiger partial charge on any atom is -0.610 e. The molecule has 1 saturated heterocycles. The zero-order valence-electron chi connectivity index (χ0n) is 14.2. The molecule has 1 fully saturated rings. The maximum absolute atomic E-state index is 11.7. The van der Waals surface area contributed by atoms with Gasteiger partial charge in [-0.1, -0.05) is 6.07 Å². The summed E-state index contributed by atoms with van der Waals surface area (Å²) in [6, 6.07) is 13.4. The van der Waals surface area contributed by atoms with E-state index in [4.69, 9.17) is 14.8 Å². The van der Waals surface area contributed by atoms with Crippen LogP contribution in [-0.4, -0.2) is 51.9 Å². The first-order chi connectivity index (χ1) is 12.7. The lowest BCUT2D eigenvalue weighted by molar-refractivity contribution is 0.122. The molecule has 1 N–H and O–H groups in total. The zero-order valence-corrected chi connectivity index (χ0v) is 15.0. The Morgan fingerprint density at radius 2 is 1.77 bits per heavy atom. The van der Waals surface area contributed by atoms with Gasteiger partial charge in [-0.2, -0.15) is 0 Å². The summed E-state index contributed by atoms with van der Waals surface area (Å²) < 4.78 is 17.0. The Bertz CT molecular complexity index is 898. The monoisotopic (exact) mass is 369 g/mol. The second kappa shape index (κ2) is 7.59. The highest BCUT2D eigenvalue weighted by atomic mass is 32.2. The van der Waals surface area contributed by atoms with E-state index >= 15 is 0 Å². The zero-order chi connectivity index (χ0) is 17.9. The maximum atomic E-state index is 11.7. The van der Waals surface area contributed by atoms with Gasteiger partial charge in [-0.05, 0) is 47.5 Å². The Labute approximate surface area is 154 Å². The number of aliphatic hydroxyl groups is 1. The lowest BCUT2D eigenvalue weighted by atomic mass is 10.1. The molecule has 1 aliphatic rings. The van der Waals surface area contributed by atoms with Crippen molar-refractivity contribution in [3.63, 3.8) is 0 Å². The van der Waals surface area contributed by atoms with Crippen molar-refractivity contribution in [2.45, 2.75) is 4.90 Å². The molecule has 2 heterocycles. The number of hydrogen-bond acceptors (Lipinski definition) is 6. The van der Waals surface area contributed by atoms with Crippen LogP contribution in [0, 0.1) is 0 Å². The van der Waals surface area contributed by atoms with Crippen LogP contribution in [0.15, 0.2) is 53.6 Å². The van der Waals surface area contributed by atoms with Crippen molar-refractivity contribution in [1.29, 1.82) is 0 Å². The van der Waals surface area contributed by atoms with Crippen molar-refractivity contribution >= 4 is 28.0 Å². The van der Waals surface area contributed by atoms with E-state index in [1.165, 1.54) is 0 Å². The predicted octanol–water partition coefficient (Wildman–Crippen LogP) is 2.19. The van der Waals surface area contributed by atoms with Gasteiger partial charge in [-0.15, -0.1) is 0 Å². The number of rotatable bonds is 4. The Morgan fingerprint density at radius 1 is 1.04 bits per heavy atom. The van der Waals surface area contributed by atoms with Gasteiger partial charge in [-0.3, -0.25) is 4.98 Å². The molecule has 7 heteroatoms. The third kappa shape index (κ3) is 3.52. The minimum absolute atomic E-state index is 0.366. The van der Waals surface area contributed by atoms with E-state index in [-0.39, 0.29) is 5.94 Å². The Morgan fingerprint density at radius 3 is 2.50 bits per heavy atom. The van der Waals surface area contributed by atoms with Crippen LogP contribution in [0.4, 0.5) is 5.82 Å². The Kier molecular flexibility index (Phi) is 5.03. The van der Waals surface area contributed by atoms with E-state index in [9.17, 15) is 4.55 Å². The third-order valence-electron chi connectivity index (χ3n) is 4.43. The van der Waals surface area contributed by atoms with Crippen LogP contribution in [0.3, 0.4) is 0 Å². The molecule has 0 spiro atoms. The van der Waals surface area contributed by atoms with E-state index in [0.717, 1.165) is 41.1 Å². The van der Waals surface area contributed by atoms with Crippen molar-refractivity contribution in [1.82, 2.24) is 9.97 Å². The predicted molar refractivity (Wildman–Crippen MR) is 102 cm³/mol. The number of aromatic nitrogens is 2. The number of nitrogens with zero attached hydrogens (tertiary/aromatic N) is 3. The van der Waals surface area contributed by atoms with Crippen molar-refractivity contribution in [3.8, 4) is 11.1 Å². The highest BCUT2D eigenvalue weighted by Crippen LogP contribution is 2.25. The molecule has 0 saturated carbocycles. The number of benzene rings is 2. The largest absolute Gasteiger partial charge is 0.610 e. The van der Waals surface area contributed by atoms with Crippen LogP contribution in [0.5, 0.6) is 0 Å². The summed E-state index contributed by atoms with van der Waals surface area (Å²) in [5.41, 5.74) is 3.72. The van der Waals surface area contributed by atoms with Crippen LogP contribution >= 0.6 is 0 Å². The summed E-state index contributed by atoms with van der Waals surface area (Å²) in [5, 5.41) is 9.00. The minimum atomic E-state index is -1.37. The van der Waals surface area contributed by atoms with Gasteiger partial charge in [0.2, 0.25) is 5.94 Å². The number of hydrogen-bond donors (Lipinski definition) is 1. The Balaban J connectivity index is 1.65. The SMILES string of the molecule is [O-][S+](CO)c1ccc(-c2ccc3ncc(N4CCOCC4)nc3c2)cc1. The number of ether oxygens (including phenoxy) is 1. The normalized spacial score (nSPS) is 16.0. The van der Waals surface area contributed by atoms with Gasteiger partial charge in [0.15, 0.2) is 4.90 Å². The molecule has 6 nitrogen and oxygen atoms in total. The molecule has 4 rings (SSSR count).